The Balaban J connectivity index is 1.94. The Morgan fingerprint density at radius 3 is 2.87 bits per heavy atom. The fourth-order valence-electron chi connectivity index (χ4n) is 2.43. The van der Waals surface area contributed by atoms with Gasteiger partial charge in [-0.05, 0) is 31.4 Å². The zero-order valence-corrected chi connectivity index (χ0v) is 10.4. The summed E-state index contributed by atoms with van der Waals surface area (Å²) in [5.74, 6) is 0.745. The Kier molecular flexibility index (Phi) is 3.44. The van der Waals surface area contributed by atoms with Gasteiger partial charge in [0.15, 0.2) is 0 Å². The summed E-state index contributed by atoms with van der Waals surface area (Å²) in [6, 6.07) is 4.81. The highest BCUT2D eigenvalue weighted by Crippen LogP contribution is 2.21. The van der Waals surface area contributed by atoms with E-state index in [4.69, 9.17) is 5.73 Å². The second-order valence-electron chi connectivity index (χ2n) is 4.81. The summed E-state index contributed by atoms with van der Waals surface area (Å²) in [6.07, 6.45) is 1.18. The lowest BCUT2D eigenvalue weighted by Crippen LogP contribution is -2.45. The van der Waals surface area contributed by atoms with E-state index in [1.807, 2.05) is 11.3 Å². The molecule has 0 aliphatic carbocycles. The fraction of sp³-hybridized carbons (Fsp3) is 0.667. The largest absolute Gasteiger partial charge is 0.327 e. The lowest BCUT2D eigenvalue weighted by atomic mass is 9.97. The number of hydrogen-bond acceptors (Lipinski definition) is 3. The van der Waals surface area contributed by atoms with Crippen molar-refractivity contribution >= 4 is 11.3 Å². The van der Waals surface area contributed by atoms with Crippen molar-refractivity contribution in [2.45, 2.75) is 32.9 Å². The molecule has 1 aliphatic rings. The van der Waals surface area contributed by atoms with Crippen LogP contribution in [0.4, 0.5) is 0 Å². The lowest BCUT2D eigenvalue weighted by Gasteiger charge is -2.34. The SMILES string of the molecule is Cc1ccc(CN2CC(C)CC(N)C2)s1. The molecular formula is C12H20N2S. The van der Waals surface area contributed by atoms with Crippen LogP contribution >= 0.6 is 11.3 Å². The highest BCUT2D eigenvalue weighted by molar-refractivity contribution is 7.11. The number of aryl methyl sites for hydroxylation is 1. The van der Waals surface area contributed by atoms with Crippen LogP contribution in [0.1, 0.15) is 23.1 Å². The minimum atomic E-state index is 0.370. The van der Waals surface area contributed by atoms with Gasteiger partial charge in [0, 0.05) is 35.4 Å². The van der Waals surface area contributed by atoms with Crippen LogP contribution in [0.2, 0.25) is 0 Å². The van der Waals surface area contributed by atoms with Crippen LogP contribution in [0.5, 0.6) is 0 Å². The third-order valence-corrected chi connectivity index (χ3v) is 3.93. The van der Waals surface area contributed by atoms with Crippen molar-refractivity contribution < 1.29 is 0 Å². The van der Waals surface area contributed by atoms with E-state index in [1.165, 1.54) is 22.7 Å². The Morgan fingerprint density at radius 2 is 2.27 bits per heavy atom. The summed E-state index contributed by atoms with van der Waals surface area (Å²) in [6.45, 7) is 7.80. The first kappa shape index (κ1) is 11.1. The summed E-state index contributed by atoms with van der Waals surface area (Å²) >= 11 is 1.90. The van der Waals surface area contributed by atoms with Crippen LogP contribution in [0.3, 0.4) is 0 Å². The van der Waals surface area contributed by atoms with E-state index in [1.54, 1.807) is 0 Å². The molecule has 0 amide bonds. The summed E-state index contributed by atoms with van der Waals surface area (Å²) in [7, 11) is 0. The normalized spacial score (nSPS) is 28.2. The van der Waals surface area contributed by atoms with Crippen LogP contribution in [0, 0.1) is 12.8 Å². The molecule has 0 saturated carbocycles. The summed E-state index contributed by atoms with van der Waals surface area (Å²) in [4.78, 5) is 5.36. The van der Waals surface area contributed by atoms with Gasteiger partial charge in [0.25, 0.3) is 0 Å². The number of thiophene rings is 1. The van der Waals surface area contributed by atoms with E-state index in [0.717, 1.165) is 19.0 Å². The summed E-state index contributed by atoms with van der Waals surface area (Å²) in [5.41, 5.74) is 6.04. The van der Waals surface area contributed by atoms with Gasteiger partial charge in [-0.15, -0.1) is 11.3 Å². The van der Waals surface area contributed by atoms with Gasteiger partial charge in [-0.1, -0.05) is 6.92 Å². The molecule has 2 atom stereocenters. The van der Waals surface area contributed by atoms with E-state index in [-0.39, 0.29) is 0 Å². The number of nitrogens with zero attached hydrogens (tertiary/aromatic N) is 1. The molecule has 0 spiro atoms. The van der Waals surface area contributed by atoms with Gasteiger partial charge in [-0.25, -0.2) is 0 Å². The van der Waals surface area contributed by atoms with Gasteiger partial charge in [0.1, 0.15) is 0 Å². The number of rotatable bonds is 2. The average molecular weight is 224 g/mol. The van der Waals surface area contributed by atoms with Crippen LogP contribution in [0.25, 0.3) is 0 Å². The van der Waals surface area contributed by atoms with Gasteiger partial charge in [-0.2, -0.15) is 0 Å². The van der Waals surface area contributed by atoms with E-state index in [0.29, 0.717) is 6.04 Å². The molecular weight excluding hydrogens is 204 g/mol. The van der Waals surface area contributed by atoms with Crippen molar-refractivity contribution in [2.24, 2.45) is 11.7 Å². The molecule has 1 fully saturated rings. The van der Waals surface area contributed by atoms with Gasteiger partial charge < -0.3 is 5.73 Å². The molecule has 1 aliphatic heterocycles. The minimum absolute atomic E-state index is 0.370. The monoisotopic (exact) mass is 224 g/mol. The van der Waals surface area contributed by atoms with Gasteiger partial charge in [-0.3, -0.25) is 4.90 Å². The molecule has 0 radical (unpaired) electrons. The molecule has 2 rings (SSSR count). The maximum atomic E-state index is 6.04. The molecule has 2 heterocycles. The van der Waals surface area contributed by atoms with E-state index in [9.17, 15) is 0 Å². The molecule has 1 aromatic heterocycles. The van der Waals surface area contributed by atoms with Crippen molar-refractivity contribution in [2.75, 3.05) is 13.1 Å². The molecule has 1 saturated heterocycles. The maximum Gasteiger partial charge on any atom is 0.0328 e. The van der Waals surface area contributed by atoms with Crippen molar-refractivity contribution in [1.29, 1.82) is 0 Å². The predicted octanol–water partition coefficient (Wildman–Crippen LogP) is 2.23. The van der Waals surface area contributed by atoms with E-state index < -0.39 is 0 Å². The number of piperidine rings is 1. The Hall–Kier alpha value is -0.380. The van der Waals surface area contributed by atoms with Gasteiger partial charge in [0.05, 0.1) is 0 Å². The van der Waals surface area contributed by atoms with Crippen molar-refractivity contribution in [3.63, 3.8) is 0 Å². The first-order chi connectivity index (χ1) is 7.13. The highest BCUT2D eigenvalue weighted by atomic mass is 32.1. The standard InChI is InChI=1S/C12H20N2S/c1-9-5-11(13)7-14(6-9)8-12-4-3-10(2)15-12/h3-4,9,11H,5-8,13H2,1-2H3. The molecule has 2 nitrogen and oxygen atoms in total. The Bertz CT molecular complexity index is 311. The zero-order valence-electron chi connectivity index (χ0n) is 9.57. The molecule has 0 bridgehead atoms. The molecule has 3 heteroatoms. The van der Waals surface area contributed by atoms with E-state index in [2.05, 4.69) is 30.9 Å². The van der Waals surface area contributed by atoms with Crippen molar-refractivity contribution in [3.8, 4) is 0 Å². The van der Waals surface area contributed by atoms with Gasteiger partial charge >= 0.3 is 0 Å². The third kappa shape index (κ3) is 3.03. The number of likely N-dealkylation sites (tertiary alicyclic amines) is 1. The highest BCUT2D eigenvalue weighted by Gasteiger charge is 2.22. The van der Waals surface area contributed by atoms with Crippen LogP contribution < -0.4 is 5.73 Å². The first-order valence-corrected chi connectivity index (χ1v) is 6.48. The van der Waals surface area contributed by atoms with Gasteiger partial charge in [0.2, 0.25) is 0 Å². The molecule has 15 heavy (non-hydrogen) atoms. The first-order valence-electron chi connectivity index (χ1n) is 5.66. The lowest BCUT2D eigenvalue weighted by molar-refractivity contribution is 0.159. The smallest absolute Gasteiger partial charge is 0.0328 e. The summed E-state index contributed by atoms with van der Waals surface area (Å²) in [5, 5.41) is 0. The molecule has 1 aromatic rings. The minimum Gasteiger partial charge on any atom is -0.327 e. The van der Waals surface area contributed by atoms with Crippen LogP contribution in [0.15, 0.2) is 12.1 Å². The third-order valence-electron chi connectivity index (χ3n) is 2.94. The zero-order chi connectivity index (χ0) is 10.8. The average Bonchev–Trinajstić information content (AvgIpc) is 2.49. The quantitative estimate of drug-likeness (QED) is 0.834. The second-order valence-corrected chi connectivity index (χ2v) is 6.18. The number of hydrogen-bond donors (Lipinski definition) is 1. The topological polar surface area (TPSA) is 29.3 Å². The predicted molar refractivity (Wildman–Crippen MR) is 66.1 cm³/mol. The van der Waals surface area contributed by atoms with Crippen LogP contribution in [-0.2, 0) is 6.54 Å². The van der Waals surface area contributed by atoms with Crippen molar-refractivity contribution in [3.05, 3.63) is 21.9 Å². The van der Waals surface area contributed by atoms with Crippen LogP contribution in [-0.4, -0.2) is 24.0 Å². The maximum absolute atomic E-state index is 6.04. The second kappa shape index (κ2) is 4.64. The fourth-order valence-corrected chi connectivity index (χ4v) is 3.37. The molecule has 0 aromatic carbocycles. The molecule has 2 N–H and O–H groups in total. The Labute approximate surface area is 96.1 Å². The molecule has 84 valence electrons. The van der Waals surface area contributed by atoms with E-state index >= 15 is 0 Å². The summed E-state index contributed by atoms with van der Waals surface area (Å²) < 4.78 is 0. The molecule has 2 unspecified atom stereocenters. The number of nitrogens with two attached hydrogens (primary N) is 1. The van der Waals surface area contributed by atoms with Crippen molar-refractivity contribution in [1.82, 2.24) is 4.90 Å². The Morgan fingerprint density at radius 1 is 1.47 bits per heavy atom.